The molecule has 0 heterocycles. The van der Waals surface area contributed by atoms with Crippen molar-refractivity contribution in [1.29, 1.82) is 0 Å². The fourth-order valence-corrected chi connectivity index (χ4v) is 4.49. The monoisotopic (exact) mass is 495 g/mol. The maximum Gasteiger partial charge on any atom is 0.417 e. The van der Waals surface area contributed by atoms with Crippen LogP contribution in [0.3, 0.4) is 0 Å². The first-order chi connectivity index (χ1) is 14.7. The number of hydrogen-bond donors (Lipinski definition) is 1. The summed E-state index contributed by atoms with van der Waals surface area (Å²) in [6.45, 7) is 1.95. The van der Waals surface area contributed by atoms with E-state index in [1.807, 2.05) is 0 Å². The highest BCUT2D eigenvalue weighted by atomic mass is 35.5. The average molecular weight is 496 g/mol. The van der Waals surface area contributed by atoms with Crippen LogP contribution in [-0.2, 0) is 15.8 Å². The molecule has 1 aromatic rings. The lowest BCUT2D eigenvalue weighted by Crippen LogP contribution is -2.25. The van der Waals surface area contributed by atoms with E-state index < -0.39 is 11.7 Å². The molecular formula is C21H22Cl2F3NO3S. The fraction of sp³-hybridized carbons (Fsp3) is 0.429. The van der Waals surface area contributed by atoms with Gasteiger partial charge >= 0.3 is 6.18 Å². The number of alkyl halides is 3. The lowest BCUT2D eigenvalue weighted by atomic mass is 9.83. The number of aliphatic hydroxyl groups is 1. The molecule has 170 valence electrons. The van der Waals surface area contributed by atoms with Crippen molar-refractivity contribution in [2.45, 2.75) is 43.7 Å². The average Bonchev–Trinajstić information content (AvgIpc) is 2.69. The van der Waals surface area contributed by atoms with E-state index in [0.717, 1.165) is 6.07 Å². The number of nitrogens with zero attached hydrogens (tertiary/aromatic N) is 1. The molecule has 10 heteroatoms. The molecule has 1 aliphatic carbocycles. The number of carbonyl (C=O) groups is 1. The smallest absolute Gasteiger partial charge is 0.417 e. The van der Waals surface area contributed by atoms with E-state index in [-0.39, 0.29) is 41.1 Å². The van der Waals surface area contributed by atoms with Crippen molar-refractivity contribution >= 4 is 46.5 Å². The molecule has 0 bridgehead atoms. The molecule has 0 saturated carbocycles. The summed E-state index contributed by atoms with van der Waals surface area (Å²) in [4.78, 5) is 18.1. The molecule has 1 unspecified atom stereocenters. The molecule has 1 N–H and O–H groups in total. The zero-order valence-electron chi connectivity index (χ0n) is 16.7. The summed E-state index contributed by atoms with van der Waals surface area (Å²) in [6, 6.07) is 3.79. The molecule has 0 fully saturated rings. The zero-order valence-corrected chi connectivity index (χ0v) is 19.0. The molecule has 1 aromatic carbocycles. The van der Waals surface area contributed by atoms with E-state index in [2.05, 4.69) is 5.16 Å². The minimum absolute atomic E-state index is 0.0332. The Bertz CT molecular complexity index is 885. The topological polar surface area (TPSA) is 58.9 Å². The number of oxime groups is 1. The summed E-state index contributed by atoms with van der Waals surface area (Å²) in [5, 5.41) is 14.0. The highest BCUT2D eigenvalue weighted by Gasteiger charge is 2.33. The van der Waals surface area contributed by atoms with E-state index in [1.165, 1.54) is 29.4 Å². The van der Waals surface area contributed by atoms with Crippen molar-refractivity contribution < 1.29 is 27.9 Å². The summed E-state index contributed by atoms with van der Waals surface area (Å²) in [5.41, 5.74) is 0.987. The van der Waals surface area contributed by atoms with Crippen molar-refractivity contribution in [3.8, 4) is 0 Å². The standard InChI is InChI=1S/C21H22Cl2F3NO3S/c1-2-17(27-30-8-3-7-22)20-18(28)10-13(11-19(20)29)6-9-31-14-4-5-16(23)15(12-14)21(24,25)26/h3-5,7,12-13,28H,2,6,8-11H2,1H3/b7-3+,27-17-. The number of thioether (sulfide) groups is 1. The van der Waals surface area contributed by atoms with Gasteiger partial charge in [-0.15, -0.1) is 11.8 Å². The Balaban J connectivity index is 1.98. The van der Waals surface area contributed by atoms with Crippen molar-refractivity contribution in [1.82, 2.24) is 0 Å². The molecule has 0 amide bonds. The van der Waals surface area contributed by atoms with Crippen LogP contribution < -0.4 is 0 Å². The minimum Gasteiger partial charge on any atom is -0.511 e. The molecular weight excluding hydrogens is 474 g/mol. The van der Waals surface area contributed by atoms with E-state index in [1.54, 1.807) is 13.0 Å². The normalized spacial score (nSPS) is 18.2. The first kappa shape index (κ1) is 25.6. The van der Waals surface area contributed by atoms with Gasteiger partial charge in [0, 0.05) is 23.3 Å². The second-order valence-corrected chi connectivity index (χ2v) is 8.67. The Labute approximate surface area is 193 Å². The zero-order chi connectivity index (χ0) is 23.0. The molecule has 31 heavy (non-hydrogen) atoms. The van der Waals surface area contributed by atoms with Crippen molar-refractivity contribution in [3.05, 3.63) is 51.7 Å². The molecule has 2 rings (SSSR count). The van der Waals surface area contributed by atoms with Gasteiger partial charge in [0.25, 0.3) is 0 Å². The molecule has 4 nitrogen and oxygen atoms in total. The van der Waals surface area contributed by atoms with E-state index in [9.17, 15) is 23.1 Å². The number of Topliss-reactive ketones (excluding diaryl/α,β-unsaturated/α-hetero) is 1. The SMILES string of the molecule is CC/C(=N/OC/C=C/Cl)C1=C(O)CC(CCSc2ccc(Cl)c(C(F)(F)F)c2)CC1=O. The number of allylic oxidation sites excluding steroid dienone is 2. The van der Waals surface area contributed by atoms with Crippen LogP contribution in [0, 0.1) is 5.92 Å². The summed E-state index contributed by atoms with van der Waals surface area (Å²) in [7, 11) is 0. The third-order valence-electron chi connectivity index (χ3n) is 4.62. The Morgan fingerprint density at radius 1 is 1.39 bits per heavy atom. The number of carbonyl (C=O) groups excluding carboxylic acids is 1. The molecule has 0 saturated heterocycles. The molecule has 1 aliphatic rings. The van der Waals surface area contributed by atoms with Crippen LogP contribution in [-0.4, -0.2) is 29.0 Å². The van der Waals surface area contributed by atoms with Gasteiger partial charge in [0.15, 0.2) is 5.78 Å². The Morgan fingerprint density at radius 2 is 2.13 bits per heavy atom. The van der Waals surface area contributed by atoms with Gasteiger partial charge in [-0.1, -0.05) is 35.3 Å². The summed E-state index contributed by atoms with van der Waals surface area (Å²) < 4.78 is 38.9. The van der Waals surface area contributed by atoms with Crippen LogP contribution in [0.1, 0.15) is 38.2 Å². The molecule has 0 radical (unpaired) electrons. The molecule has 1 atom stereocenters. The second kappa shape index (κ2) is 11.8. The predicted octanol–water partition coefficient (Wildman–Crippen LogP) is 7.17. The van der Waals surface area contributed by atoms with E-state index in [0.29, 0.717) is 35.6 Å². The first-order valence-electron chi connectivity index (χ1n) is 9.56. The van der Waals surface area contributed by atoms with Crippen molar-refractivity contribution in [2.24, 2.45) is 11.1 Å². The van der Waals surface area contributed by atoms with Crippen molar-refractivity contribution in [3.63, 3.8) is 0 Å². The van der Waals surface area contributed by atoms with Crippen LogP contribution >= 0.6 is 35.0 Å². The van der Waals surface area contributed by atoms with Crippen LogP contribution in [0.2, 0.25) is 5.02 Å². The largest absolute Gasteiger partial charge is 0.511 e. The van der Waals surface area contributed by atoms with Gasteiger partial charge in [-0.2, -0.15) is 13.2 Å². The third kappa shape index (κ3) is 7.47. The minimum atomic E-state index is -4.51. The number of ketones is 1. The Kier molecular flexibility index (Phi) is 9.78. The van der Waals surface area contributed by atoms with E-state index in [4.69, 9.17) is 28.0 Å². The van der Waals surface area contributed by atoms with E-state index >= 15 is 0 Å². The molecule has 0 aliphatic heterocycles. The number of aliphatic hydroxyl groups excluding tert-OH is 1. The van der Waals surface area contributed by atoms with Gasteiger partial charge in [-0.05, 0) is 48.8 Å². The van der Waals surface area contributed by atoms with Gasteiger partial charge in [-0.3, -0.25) is 4.79 Å². The van der Waals surface area contributed by atoms with Gasteiger partial charge in [0.2, 0.25) is 0 Å². The van der Waals surface area contributed by atoms with Crippen LogP contribution in [0.15, 0.2) is 51.2 Å². The lowest BCUT2D eigenvalue weighted by Gasteiger charge is -2.23. The summed E-state index contributed by atoms with van der Waals surface area (Å²) in [5.74, 6) is 0.148. The van der Waals surface area contributed by atoms with Crippen molar-refractivity contribution in [2.75, 3.05) is 12.4 Å². The Hall–Kier alpha value is -1.64. The van der Waals surface area contributed by atoms with Crippen LogP contribution in [0.5, 0.6) is 0 Å². The number of halogens is 5. The van der Waals surface area contributed by atoms with Crippen LogP contribution in [0.4, 0.5) is 13.2 Å². The highest BCUT2D eigenvalue weighted by molar-refractivity contribution is 7.99. The second-order valence-electron chi connectivity index (χ2n) is 6.84. The number of benzene rings is 1. The van der Waals surface area contributed by atoms with Gasteiger partial charge < -0.3 is 9.94 Å². The third-order valence-corrected chi connectivity index (χ3v) is 6.15. The van der Waals surface area contributed by atoms with Crippen LogP contribution in [0.25, 0.3) is 0 Å². The van der Waals surface area contributed by atoms with Gasteiger partial charge in [-0.25, -0.2) is 0 Å². The molecule has 0 aromatic heterocycles. The maximum atomic E-state index is 13.0. The number of rotatable bonds is 9. The summed E-state index contributed by atoms with van der Waals surface area (Å²) in [6.07, 6.45) is -1.46. The Morgan fingerprint density at radius 3 is 2.74 bits per heavy atom. The predicted molar refractivity (Wildman–Crippen MR) is 118 cm³/mol. The first-order valence-corrected chi connectivity index (χ1v) is 11.4. The number of hydrogen-bond acceptors (Lipinski definition) is 5. The fourth-order valence-electron chi connectivity index (χ4n) is 3.14. The van der Waals surface area contributed by atoms with Gasteiger partial charge in [0.1, 0.15) is 12.4 Å². The lowest BCUT2D eigenvalue weighted by molar-refractivity contribution is -0.137. The van der Waals surface area contributed by atoms with Gasteiger partial charge in [0.05, 0.1) is 21.9 Å². The highest BCUT2D eigenvalue weighted by Crippen LogP contribution is 2.38. The maximum absolute atomic E-state index is 13.0. The quantitative estimate of drug-likeness (QED) is 0.171. The summed E-state index contributed by atoms with van der Waals surface area (Å²) >= 11 is 12.3. The molecule has 0 spiro atoms.